The lowest BCUT2D eigenvalue weighted by atomic mass is 9.94. The molecule has 1 aromatic carbocycles. The summed E-state index contributed by atoms with van der Waals surface area (Å²) in [6.45, 7) is 9.65. The lowest BCUT2D eigenvalue weighted by Crippen LogP contribution is -2.36. The zero-order valence-corrected chi connectivity index (χ0v) is 19.5. The fourth-order valence-corrected chi connectivity index (χ4v) is 3.35. The Morgan fingerprint density at radius 3 is 2.30 bits per heavy atom. The summed E-state index contributed by atoms with van der Waals surface area (Å²) in [7, 11) is 3.56. The van der Waals surface area contributed by atoms with Gasteiger partial charge in [-0.3, -0.25) is 9.89 Å². The number of rotatable bonds is 2. The number of carbonyl (C=O) groups excluding carboxylic acids is 1. The van der Waals surface area contributed by atoms with Gasteiger partial charge in [0.15, 0.2) is 0 Å². The Labute approximate surface area is 173 Å². The predicted molar refractivity (Wildman–Crippen MR) is 118 cm³/mol. The van der Waals surface area contributed by atoms with E-state index in [1.165, 1.54) is 32.1 Å². The van der Waals surface area contributed by atoms with Crippen LogP contribution in [-0.2, 0) is 4.79 Å². The SMILES string of the molecule is CC.CC.CC(=O)N(C)C1CCCCC1.COc1cc2[nH]ncc2cc1Br. The van der Waals surface area contributed by atoms with E-state index in [0.29, 0.717) is 6.04 Å². The van der Waals surface area contributed by atoms with Crippen molar-refractivity contribution in [3.8, 4) is 5.75 Å². The highest BCUT2D eigenvalue weighted by Gasteiger charge is 2.18. The van der Waals surface area contributed by atoms with Gasteiger partial charge in [-0.25, -0.2) is 0 Å². The Bertz CT molecular complexity index is 652. The summed E-state index contributed by atoms with van der Waals surface area (Å²) in [4.78, 5) is 12.9. The zero-order chi connectivity index (χ0) is 20.8. The molecule has 0 unspecified atom stereocenters. The Morgan fingerprint density at radius 2 is 1.78 bits per heavy atom. The van der Waals surface area contributed by atoms with Crippen molar-refractivity contribution in [3.63, 3.8) is 0 Å². The summed E-state index contributed by atoms with van der Waals surface area (Å²) in [5, 5.41) is 7.86. The number of hydrogen-bond donors (Lipinski definition) is 1. The molecule has 154 valence electrons. The Hall–Kier alpha value is -1.56. The molecule has 0 radical (unpaired) electrons. The number of aromatic nitrogens is 2. The number of methoxy groups -OCH3 is 1. The molecule has 0 bridgehead atoms. The molecule has 1 aliphatic carbocycles. The highest BCUT2D eigenvalue weighted by atomic mass is 79.9. The number of fused-ring (bicyclic) bond motifs is 1. The Balaban J connectivity index is 0.000000425. The van der Waals surface area contributed by atoms with Gasteiger partial charge in [-0.15, -0.1) is 0 Å². The van der Waals surface area contributed by atoms with Crippen molar-refractivity contribution in [1.82, 2.24) is 15.1 Å². The standard InChI is InChI=1S/C9H17NO.C8H7BrN2O.2C2H6/c1-8(11)10(2)9-6-4-3-5-7-9;1-12-8-3-7-5(2-6(8)9)4-10-11-7;2*1-2/h9H,3-7H2,1-2H3;2-4H,1H3,(H,10,11);2*1-2H3. The van der Waals surface area contributed by atoms with Gasteiger partial charge < -0.3 is 9.64 Å². The Morgan fingerprint density at radius 1 is 1.19 bits per heavy atom. The third kappa shape index (κ3) is 8.33. The van der Waals surface area contributed by atoms with Crippen molar-refractivity contribution in [2.45, 2.75) is 72.8 Å². The van der Waals surface area contributed by atoms with Gasteiger partial charge in [0.1, 0.15) is 5.75 Å². The normalized spacial score (nSPS) is 13.2. The second kappa shape index (κ2) is 14.5. The third-order valence-corrected chi connectivity index (χ3v) is 4.95. The predicted octanol–water partition coefficient (Wildman–Crippen LogP) is 6.18. The second-order valence-corrected chi connectivity index (χ2v) is 6.72. The van der Waals surface area contributed by atoms with Crippen LogP contribution in [0.5, 0.6) is 5.75 Å². The van der Waals surface area contributed by atoms with Gasteiger partial charge in [-0.05, 0) is 34.8 Å². The van der Waals surface area contributed by atoms with E-state index in [-0.39, 0.29) is 5.91 Å². The highest BCUT2D eigenvalue weighted by Crippen LogP contribution is 2.28. The van der Waals surface area contributed by atoms with Gasteiger partial charge in [0, 0.05) is 31.5 Å². The maximum atomic E-state index is 11.0. The van der Waals surface area contributed by atoms with E-state index in [1.54, 1.807) is 20.2 Å². The molecule has 27 heavy (non-hydrogen) atoms. The number of nitrogens with zero attached hydrogens (tertiary/aromatic N) is 2. The number of amides is 1. The minimum Gasteiger partial charge on any atom is -0.495 e. The minimum atomic E-state index is 0.205. The van der Waals surface area contributed by atoms with Crippen molar-refractivity contribution in [2.75, 3.05) is 14.2 Å². The number of H-pyrrole nitrogens is 1. The van der Waals surface area contributed by atoms with Gasteiger partial charge in [0.05, 0.1) is 23.3 Å². The molecule has 0 saturated heterocycles. The summed E-state index contributed by atoms with van der Waals surface area (Å²) in [5.41, 5.74) is 0.982. The molecule has 1 amide bonds. The first-order valence-electron chi connectivity index (χ1n) is 9.93. The molecule has 0 atom stereocenters. The van der Waals surface area contributed by atoms with Crippen LogP contribution in [0.3, 0.4) is 0 Å². The molecule has 6 heteroatoms. The summed E-state index contributed by atoms with van der Waals surface area (Å²) < 4.78 is 6.07. The van der Waals surface area contributed by atoms with Gasteiger partial charge in [-0.2, -0.15) is 5.10 Å². The number of ether oxygens (including phenoxy) is 1. The van der Waals surface area contributed by atoms with Crippen LogP contribution in [0.2, 0.25) is 0 Å². The van der Waals surface area contributed by atoms with E-state index in [2.05, 4.69) is 26.1 Å². The smallest absolute Gasteiger partial charge is 0.219 e. The number of benzene rings is 1. The van der Waals surface area contributed by atoms with E-state index >= 15 is 0 Å². The number of aromatic amines is 1. The molecule has 0 aliphatic heterocycles. The van der Waals surface area contributed by atoms with E-state index in [0.717, 1.165) is 21.1 Å². The molecule has 2 aromatic rings. The van der Waals surface area contributed by atoms with Crippen LogP contribution in [0, 0.1) is 0 Å². The van der Waals surface area contributed by atoms with Crippen LogP contribution in [0.4, 0.5) is 0 Å². The molecule has 1 heterocycles. The molecule has 5 nitrogen and oxygen atoms in total. The Kier molecular flexibility index (Phi) is 13.7. The highest BCUT2D eigenvalue weighted by molar-refractivity contribution is 9.10. The van der Waals surface area contributed by atoms with Gasteiger partial charge in [-0.1, -0.05) is 47.0 Å². The van der Waals surface area contributed by atoms with Crippen molar-refractivity contribution < 1.29 is 9.53 Å². The summed E-state index contributed by atoms with van der Waals surface area (Å²) in [6.07, 6.45) is 8.12. The minimum absolute atomic E-state index is 0.205. The fourth-order valence-electron chi connectivity index (χ4n) is 2.83. The third-order valence-electron chi connectivity index (χ3n) is 4.33. The summed E-state index contributed by atoms with van der Waals surface area (Å²) in [5.74, 6) is 1.02. The average Bonchev–Trinajstić information content (AvgIpc) is 3.18. The number of halogens is 1. The van der Waals surface area contributed by atoms with Crippen LogP contribution in [0.25, 0.3) is 10.9 Å². The van der Waals surface area contributed by atoms with E-state index in [4.69, 9.17) is 4.74 Å². The van der Waals surface area contributed by atoms with Crippen molar-refractivity contribution in [1.29, 1.82) is 0 Å². The van der Waals surface area contributed by atoms with Crippen molar-refractivity contribution in [3.05, 3.63) is 22.8 Å². The number of nitrogens with one attached hydrogen (secondary N) is 1. The molecule has 1 saturated carbocycles. The first-order valence-corrected chi connectivity index (χ1v) is 10.7. The average molecular weight is 442 g/mol. The molecule has 1 N–H and O–H groups in total. The second-order valence-electron chi connectivity index (χ2n) is 5.87. The van der Waals surface area contributed by atoms with E-state index in [9.17, 15) is 4.79 Å². The van der Waals surface area contributed by atoms with Crippen LogP contribution < -0.4 is 4.74 Å². The van der Waals surface area contributed by atoms with Crippen LogP contribution in [0.1, 0.15) is 66.7 Å². The zero-order valence-electron chi connectivity index (χ0n) is 17.9. The molecular weight excluding hydrogens is 406 g/mol. The summed E-state index contributed by atoms with van der Waals surface area (Å²) >= 11 is 3.40. The quantitative estimate of drug-likeness (QED) is 0.604. The van der Waals surface area contributed by atoms with Crippen LogP contribution in [-0.4, -0.2) is 41.2 Å². The molecule has 3 rings (SSSR count). The summed E-state index contributed by atoms with van der Waals surface area (Å²) in [6, 6.07) is 4.41. The van der Waals surface area contributed by atoms with Gasteiger partial charge >= 0.3 is 0 Å². The monoisotopic (exact) mass is 441 g/mol. The van der Waals surface area contributed by atoms with Crippen molar-refractivity contribution >= 4 is 32.7 Å². The number of hydrogen-bond acceptors (Lipinski definition) is 3. The maximum absolute atomic E-state index is 11.0. The lowest BCUT2D eigenvalue weighted by molar-refractivity contribution is -0.130. The van der Waals surface area contributed by atoms with Crippen LogP contribution >= 0.6 is 15.9 Å². The molecular formula is C21H36BrN3O2. The largest absolute Gasteiger partial charge is 0.495 e. The van der Waals surface area contributed by atoms with Gasteiger partial charge in [0.2, 0.25) is 5.91 Å². The van der Waals surface area contributed by atoms with Crippen molar-refractivity contribution in [2.24, 2.45) is 0 Å². The molecule has 0 spiro atoms. The fraction of sp³-hybridized carbons (Fsp3) is 0.619. The van der Waals surface area contributed by atoms with E-state index in [1.807, 2.05) is 51.8 Å². The topological polar surface area (TPSA) is 58.2 Å². The molecule has 1 aromatic heterocycles. The molecule has 1 fully saturated rings. The first-order chi connectivity index (χ1) is 13.0. The molecule has 1 aliphatic rings. The van der Waals surface area contributed by atoms with E-state index < -0.39 is 0 Å². The van der Waals surface area contributed by atoms with Gasteiger partial charge in [0.25, 0.3) is 0 Å². The maximum Gasteiger partial charge on any atom is 0.219 e. The van der Waals surface area contributed by atoms with Crippen LogP contribution in [0.15, 0.2) is 22.8 Å². The lowest BCUT2D eigenvalue weighted by Gasteiger charge is -2.30. The first kappa shape index (κ1) is 25.4. The number of carbonyl (C=O) groups is 1.